The molecule has 1 unspecified atom stereocenters. The first kappa shape index (κ1) is 15.7. The highest BCUT2D eigenvalue weighted by Crippen LogP contribution is 2.40. The number of anilines is 1. The van der Waals surface area contributed by atoms with Crippen molar-refractivity contribution in [3.8, 4) is 0 Å². The number of aromatic nitrogens is 3. The van der Waals surface area contributed by atoms with Gasteiger partial charge in [0.05, 0.1) is 24.1 Å². The second-order valence-corrected chi connectivity index (χ2v) is 6.66. The van der Waals surface area contributed by atoms with E-state index in [-0.39, 0.29) is 18.2 Å². The second kappa shape index (κ2) is 5.73. The normalized spacial score (nSPS) is 19.0. The quantitative estimate of drug-likeness (QED) is 0.708. The molecule has 4 heterocycles. The third-order valence-corrected chi connectivity index (χ3v) is 5.08. The maximum Gasteiger partial charge on any atom is 0.259 e. The number of nitrogens with zero attached hydrogens (tertiary/aromatic N) is 4. The van der Waals surface area contributed by atoms with Crippen LogP contribution in [0.3, 0.4) is 0 Å². The van der Waals surface area contributed by atoms with Gasteiger partial charge in [-0.1, -0.05) is 12.1 Å². The molecule has 0 aliphatic carbocycles. The van der Waals surface area contributed by atoms with Crippen LogP contribution in [0.2, 0.25) is 0 Å². The summed E-state index contributed by atoms with van der Waals surface area (Å²) in [7, 11) is 0. The number of carbonyl (C=O) groups is 3. The number of hydrogen-bond donors (Lipinski definition) is 1. The molecule has 1 aromatic carbocycles. The molecule has 0 saturated carbocycles. The van der Waals surface area contributed by atoms with Crippen molar-refractivity contribution in [3.63, 3.8) is 0 Å². The Morgan fingerprint density at radius 1 is 1.19 bits per heavy atom. The van der Waals surface area contributed by atoms with Gasteiger partial charge >= 0.3 is 0 Å². The molecular weight excluding hydrogens is 346 g/mol. The summed E-state index contributed by atoms with van der Waals surface area (Å²) in [6.07, 6.45) is 5.71. The second-order valence-electron chi connectivity index (χ2n) is 6.66. The molecule has 0 radical (unpaired) electrons. The van der Waals surface area contributed by atoms with Crippen LogP contribution >= 0.6 is 0 Å². The van der Waals surface area contributed by atoms with Crippen molar-refractivity contribution in [1.82, 2.24) is 20.1 Å². The summed E-state index contributed by atoms with van der Waals surface area (Å²) >= 11 is 0. The van der Waals surface area contributed by atoms with Gasteiger partial charge in [0, 0.05) is 35.2 Å². The van der Waals surface area contributed by atoms with E-state index >= 15 is 0 Å². The van der Waals surface area contributed by atoms with Gasteiger partial charge in [-0.2, -0.15) is 5.10 Å². The fourth-order valence-corrected chi connectivity index (χ4v) is 3.85. The van der Waals surface area contributed by atoms with Gasteiger partial charge in [-0.25, -0.2) is 0 Å². The van der Waals surface area contributed by atoms with E-state index in [1.54, 1.807) is 23.1 Å². The number of benzene rings is 1. The number of pyridine rings is 1. The summed E-state index contributed by atoms with van der Waals surface area (Å²) in [5, 5.41) is 8.20. The molecule has 134 valence electrons. The predicted molar refractivity (Wildman–Crippen MR) is 96.1 cm³/mol. The molecule has 1 atom stereocenters. The van der Waals surface area contributed by atoms with Gasteiger partial charge in [0.25, 0.3) is 5.91 Å². The number of imide groups is 1. The molecule has 1 fully saturated rings. The maximum atomic E-state index is 13.0. The van der Waals surface area contributed by atoms with Gasteiger partial charge in [-0.15, -0.1) is 0 Å². The third-order valence-electron chi connectivity index (χ3n) is 5.08. The lowest BCUT2D eigenvalue weighted by Crippen LogP contribution is -2.53. The number of piperidine rings is 1. The van der Waals surface area contributed by atoms with Crippen LogP contribution in [0.15, 0.2) is 42.9 Å². The molecule has 2 aliphatic heterocycles. The van der Waals surface area contributed by atoms with Crippen LogP contribution < -0.4 is 10.2 Å². The zero-order valence-electron chi connectivity index (χ0n) is 14.3. The molecular formula is C19H15N5O3. The molecule has 5 rings (SSSR count). The van der Waals surface area contributed by atoms with Crippen LogP contribution in [0, 0.1) is 0 Å². The minimum atomic E-state index is -0.704. The molecule has 3 amide bonds. The number of hydrogen-bond acceptors (Lipinski definition) is 5. The highest BCUT2D eigenvalue weighted by molar-refractivity contribution is 6.27. The predicted octanol–water partition coefficient (Wildman–Crippen LogP) is 1.25. The Labute approximate surface area is 153 Å². The minimum absolute atomic E-state index is 0.213. The largest absolute Gasteiger partial charge is 0.295 e. The summed E-state index contributed by atoms with van der Waals surface area (Å²) < 4.78 is 1.77. The number of amides is 3. The van der Waals surface area contributed by atoms with Crippen LogP contribution in [-0.2, 0) is 16.1 Å². The number of nitrogens with one attached hydrogen (secondary N) is 1. The fraction of sp³-hybridized carbons (Fsp3) is 0.211. The fourth-order valence-electron chi connectivity index (χ4n) is 3.85. The molecule has 0 spiro atoms. The molecule has 3 aromatic rings. The molecule has 8 heteroatoms. The van der Waals surface area contributed by atoms with Crippen molar-refractivity contribution >= 4 is 34.2 Å². The lowest BCUT2D eigenvalue weighted by atomic mass is 10.0. The Balaban J connectivity index is 1.62. The van der Waals surface area contributed by atoms with Gasteiger partial charge in [-0.05, 0) is 18.6 Å². The van der Waals surface area contributed by atoms with Crippen molar-refractivity contribution in [3.05, 3.63) is 54.1 Å². The van der Waals surface area contributed by atoms with Crippen molar-refractivity contribution in [1.29, 1.82) is 0 Å². The SMILES string of the molecule is O=C1CCC(N2C(=O)c3cccc4c(Cn5cccn5)ncc2c34)C(=O)N1. The molecule has 1 N–H and O–H groups in total. The first-order valence-electron chi connectivity index (χ1n) is 8.69. The van der Waals surface area contributed by atoms with Crippen LogP contribution in [0.25, 0.3) is 10.8 Å². The molecule has 0 bridgehead atoms. The molecule has 27 heavy (non-hydrogen) atoms. The van der Waals surface area contributed by atoms with Gasteiger partial charge in [0.2, 0.25) is 11.8 Å². The van der Waals surface area contributed by atoms with E-state index in [2.05, 4.69) is 15.4 Å². The van der Waals surface area contributed by atoms with Gasteiger partial charge < -0.3 is 0 Å². The molecule has 2 aliphatic rings. The number of carbonyl (C=O) groups excluding carboxylic acids is 3. The highest BCUT2D eigenvalue weighted by atomic mass is 16.2. The number of rotatable bonds is 3. The Kier molecular flexibility index (Phi) is 3.33. The lowest BCUT2D eigenvalue weighted by Gasteiger charge is -2.30. The third kappa shape index (κ3) is 2.33. The topological polar surface area (TPSA) is 97.2 Å². The van der Waals surface area contributed by atoms with Crippen molar-refractivity contribution in [2.45, 2.75) is 25.4 Å². The van der Waals surface area contributed by atoms with Crippen LogP contribution in [0.1, 0.15) is 28.9 Å². The van der Waals surface area contributed by atoms with E-state index in [1.165, 1.54) is 4.90 Å². The van der Waals surface area contributed by atoms with Gasteiger partial charge in [0.15, 0.2) is 0 Å². The molecule has 2 aromatic heterocycles. The van der Waals surface area contributed by atoms with Gasteiger partial charge in [-0.3, -0.25) is 34.3 Å². The van der Waals surface area contributed by atoms with Crippen molar-refractivity contribution in [2.75, 3.05) is 4.90 Å². The van der Waals surface area contributed by atoms with E-state index in [9.17, 15) is 14.4 Å². The highest BCUT2D eigenvalue weighted by Gasteiger charge is 2.41. The summed E-state index contributed by atoms with van der Waals surface area (Å²) in [6.45, 7) is 0.486. The smallest absolute Gasteiger partial charge is 0.259 e. The zero-order chi connectivity index (χ0) is 18.5. The average Bonchev–Trinajstić information content (AvgIpc) is 3.26. The van der Waals surface area contributed by atoms with E-state index in [4.69, 9.17) is 0 Å². The molecule has 1 saturated heterocycles. The Morgan fingerprint density at radius 3 is 2.85 bits per heavy atom. The monoisotopic (exact) mass is 361 g/mol. The van der Waals surface area contributed by atoms with Crippen LogP contribution in [0.5, 0.6) is 0 Å². The van der Waals surface area contributed by atoms with Crippen LogP contribution in [-0.4, -0.2) is 38.5 Å². The zero-order valence-corrected chi connectivity index (χ0v) is 14.3. The van der Waals surface area contributed by atoms with Crippen molar-refractivity contribution < 1.29 is 14.4 Å². The molecule has 8 nitrogen and oxygen atoms in total. The first-order valence-corrected chi connectivity index (χ1v) is 8.69. The summed E-state index contributed by atoms with van der Waals surface area (Å²) in [6, 6.07) is 6.65. The Bertz CT molecular complexity index is 1110. The first-order chi connectivity index (χ1) is 13.1. The average molecular weight is 361 g/mol. The standard InChI is InChI=1S/C19H15N5O3/c25-16-6-5-14(18(26)22-16)24-15-9-20-13(10-23-8-2-7-21-23)11-3-1-4-12(17(11)15)19(24)27/h1-4,7-9,14H,5-6,10H2,(H,22,25,26). The van der Waals surface area contributed by atoms with E-state index in [0.717, 1.165) is 16.5 Å². The summed E-state index contributed by atoms with van der Waals surface area (Å²) in [5.41, 5.74) is 1.97. The van der Waals surface area contributed by atoms with Crippen molar-refractivity contribution in [2.24, 2.45) is 0 Å². The summed E-state index contributed by atoms with van der Waals surface area (Å²) in [4.78, 5) is 42.9. The van der Waals surface area contributed by atoms with E-state index in [0.29, 0.717) is 24.2 Å². The lowest BCUT2D eigenvalue weighted by molar-refractivity contribution is -0.134. The van der Waals surface area contributed by atoms with Gasteiger partial charge in [0.1, 0.15) is 6.04 Å². The Morgan fingerprint density at radius 2 is 2.07 bits per heavy atom. The van der Waals surface area contributed by atoms with E-state index < -0.39 is 11.9 Å². The Hall–Kier alpha value is -3.55. The summed E-state index contributed by atoms with van der Waals surface area (Å²) in [5.74, 6) is -0.984. The maximum absolute atomic E-state index is 13.0. The minimum Gasteiger partial charge on any atom is -0.295 e. The van der Waals surface area contributed by atoms with E-state index in [1.807, 2.05) is 24.4 Å². The van der Waals surface area contributed by atoms with Crippen LogP contribution in [0.4, 0.5) is 5.69 Å².